The van der Waals surface area contributed by atoms with Crippen LogP contribution in [0.3, 0.4) is 0 Å². The van der Waals surface area contributed by atoms with Gasteiger partial charge in [0.2, 0.25) is 0 Å². The zero-order valence-corrected chi connectivity index (χ0v) is 13.9. The van der Waals surface area contributed by atoms with Gasteiger partial charge in [-0.3, -0.25) is 9.58 Å². The Labute approximate surface area is 135 Å². The van der Waals surface area contributed by atoms with Crippen LogP contribution in [0, 0.1) is 0 Å². The molecule has 1 aliphatic heterocycles. The number of hydrogen-bond acceptors (Lipinski definition) is 4. The summed E-state index contributed by atoms with van der Waals surface area (Å²) in [6.45, 7) is 6.51. The number of ether oxygens (including phenoxy) is 2. The first-order chi connectivity index (χ1) is 10.8. The fraction of sp³-hybridized carbons (Fsp3) is 0.412. The number of hydrogen-bond donors (Lipinski definition) is 0. The zero-order chi connectivity index (χ0) is 16.6. The second-order valence-electron chi connectivity index (χ2n) is 6.57. The first kappa shape index (κ1) is 15.4. The Morgan fingerprint density at radius 3 is 2.74 bits per heavy atom. The lowest BCUT2D eigenvalue weighted by Gasteiger charge is -2.31. The summed E-state index contributed by atoms with van der Waals surface area (Å²) in [5, 5.41) is 4.19. The van der Waals surface area contributed by atoms with Crippen molar-refractivity contribution in [3.05, 3.63) is 30.6 Å². The largest absolute Gasteiger partial charge is 0.490 e. The smallest absolute Gasteiger partial charge is 0.415 e. The van der Waals surface area contributed by atoms with E-state index in [4.69, 9.17) is 9.47 Å². The van der Waals surface area contributed by atoms with E-state index in [1.165, 1.54) is 0 Å². The molecule has 0 radical (unpaired) electrons. The van der Waals surface area contributed by atoms with Crippen molar-refractivity contribution in [3.8, 4) is 16.9 Å². The molecule has 23 heavy (non-hydrogen) atoms. The average Bonchev–Trinajstić information content (AvgIpc) is 2.91. The van der Waals surface area contributed by atoms with Crippen molar-refractivity contribution in [1.29, 1.82) is 0 Å². The minimum atomic E-state index is -0.531. The molecule has 6 nitrogen and oxygen atoms in total. The SMILES string of the molecule is Cn1cc(-c2ccc3c(c2)N(C(=O)OC(C)(C)C)CCO3)cn1. The number of amides is 1. The second-order valence-corrected chi connectivity index (χ2v) is 6.57. The summed E-state index contributed by atoms with van der Waals surface area (Å²) >= 11 is 0. The molecule has 0 saturated carbocycles. The highest BCUT2D eigenvalue weighted by Crippen LogP contribution is 2.36. The number of anilines is 1. The number of rotatable bonds is 1. The topological polar surface area (TPSA) is 56.6 Å². The van der Waals surface area contributed by atoms with Gasteiger partial charge in [-0.1, -0.05) is 6.07 Å². The Hall–Kier alpha value is -2.50. The molecule has 0 fully saturated rings. The van der Waals surface area contributed by atoms with Crippen LogP contribution in [-0.2, 0) is 11.8 Å². The van der Waals surface area contributed by atoms with Crippen molar-refractivity contribution in [2.45, 2.75) is 26.4 Å². The van der Waals surface area contributed by atoms with Crippen molar-refractivity contribution < 1.29 is 14.3 Å². The average molecular weight is 315 g/mol. The molecule has 0 spiro atoms. The van der Waals surface area contributed by atoms with E-state index in [0.29, 0.717) is 18.9 Å². The van der Waals surface area contributed by atoms with Crippen LogP contribution in [0.2, 0.25) is 0 Å². The lowest BCUT2D eigenvalue weighted by Crippen LogP contribution is -2.41. The Morgan fingerprint density at radius 1 is 1.30 bits per heavy atom. The minimum Gasteiger partial charge on any atom is -0.490 e. The standard InChI is InChI=1S/C17H21N3O3/c1-17(2,3)23-16(21)20-7-8-22-15-6-5-12(9-14(15)20)13-10-18-19(4)11-13/h5-6,9-11H,7-8H2,1-4H3. The number of carbonyl (C=O) groups is 1. The van der Waals surface area contributed by atoms with Crippen LogP contribution in [0.25, 0.3) is 11.1 Å². The molecule has 0 atom stereocenters. The Morgan fingerprint density at radius 2 is 2.09 bits per heavy atom. The molecule has 2 heterocycles. The van der Waals surface area contributed by atoms with Crippen molar-refractivity contribution >= 4 is 11.8 Å². The molecule has 0 saturated heterocycles. The van der Waals surface area contributed by atoms with Crippen molar-refractivity contribution in [1.82, 2.24) is 9.78 Å². The van der Waals surface area contributed by atoms with Gasteiger partial charge in [0.15, 0.2) is 0 Å². The van der Waals surface area contributed by atoms with Gasteiger partial charge in [0, 0.05) is 18.8 Å². The molecule has 3 rings (SSSR count). The fourth-order valence-corrected chi connectivity index (χ4v) is 2.47. The Bertz CT molecular complexity index is 731. The lowest BCUT2D eigenvalue weighted by molar-refractivity contribution is 0.0568. The summed E-state index contributed by atoms with van der Waals surface area (Å²) in [5.41, 5.74) is 2.17. The van der Waals surface area contributed by atoms with Crippen LogP contribution >= 0.6 is 0 Å². The van der Waals surface area contributed by atoms with Gasteiger partial charge in [0.05, 0.1) is 18.4 Å². The van der Waals surface area contributed by atoms with E-state index in [2.05, 4.69) is 5.10 Å². The summed E-state index contributed by atoms with van der Waals surface area (Å²) in [7, 11) is 1.87. The monoisotopic (exact) mass is 315 g/mol. The van der Waals surface area contributed by atoms with Crippen molar-refractivity contribution in [2.24, 2.45) is 7.05 Å². The van der Waals surface area contributed by atoms with Gasteiger partial charge in [-0.15, -0.1) is 0 Å². The number of carbonyl (C=O) groups excluding carboxylic acids is 1. The molecular weight excluding hydrogens is 294 g/mol. The maximum absolute atomic E-state index is 12.5. The number of aromatic nitrogens is 2. The van der Waals surface area contributed by atoms with E-state index in [0.717, 1.165) is 16.8 Å². The van der Waals surface area contributed by atoms with Gasteiger partial charge >= 0.3 is 6.09 Å². The van der Waals surface area contributed by atoms with Gasteiger partial charge in [-0.25, -0.2) is 4.79 Å². The van der Waals surface area contributed by atoms with Crippen LogP contribution in [0.5, 0.6) is 5.75 Å². The third-order valence-corrected chi connectivity index (χ3v) is 3.47. The predicted molar refractivity (Wildman–Crippen MR) is 87.7 cm³/mol. The highest BCUT2D eigenvalue weighted by Gasteiger charge is 2.28. The third kappa shape index (κ3) is 3.31. The van der Waals surface area contributed by atoms with Crippen LogP contribution in [0.15, 0.2) is 30.6 Å². The first-order valence-electron chi connectivity index (χ1n) is 7.60. The summed E-state index contributed by atoms with van der Waals surface area (Å²) in [4.78, 5) is 14.1. The number of fused-ring (bicyclic) bond motifs is 1. The first-order valence-corrected chi connectivity index (χ1v) is 7.60. The molecule has 0 aliphatic carbocycles. The highest BCUT2D eigenvalue weighted by atomic mass is 16.6. The van der Waals surface area contributed by atoms with Crippen molar-refractivity contribution in [2.75, 3.05) is 18.1 Å². The van der Waals surface area contributed by atoms with Gasteiger partial charge in [-0.2, -0.15) is 5.10 Å². The fourth-order valence-electron chi connectivity index (χ4n) is 2.47. The van der Waals surface area contributed by atoms with Crippen LogP contribution < -0.4 is 9.64 Å². The summed E-state index contributed by atoms with van der Waals surface area (Å²) in [6.07, 6.45) is 3.37. The van der Waals surface area contributed by atoms with Gasteiger partial charge in [0.1, 0.15) is 18.0 Å². The molecular formula is C17H21N3O3. The minimum absolute atomic E-state index is 0.356. The predicted octanol–water partition coefficient (Wildman–Crippen LogP) is 3.22. The van der Waals surface area contributed by atoms with E-state index in [1.807, 2.05) is 52.2 Å². The summed E-state index contributed by atoms with van der Waals surface area (Å²) in [5.74, 6) is 0.690. The van der Waals surface area contributed by atoms with E-state index < -0.39 is 5.60 Å². The molecule has 1 aromatic carbocycles. The van der Waals surface area contributed by atoms with E-state index >= 15 is 0 Å². The second kappa shape index (κ2) is 5.61. The molecule has 0 unspecified atom stereocenters. The van der Waals surface area contributed by atoms with E-state index in [-0.39, 0.29) is 6.09 Å². The molecule has 1 aromatic heterocycles. The summed E-state index contributed by atoms with van der Waals surface area (Å²) in [6, 6.07) is 5.79. The third-order valence-electron chi connectivity index (χ3n) is 3.47. The van der Waals surface area contributed by atoms with E-state index in [9.17, 15) is 4.79 Å². The quantitative estimate of drug-likeness (QED) is 0.811. The summed E-state index contributed by atoms with van der Waals surface area (Å²) < 4.78 is 12.9. The molecule has 2 aromatic rings. The van der Waals surface area contributed by atoms with Gasteiger partial charge in [-0.05, 0) is 38.5 Å². The highest BCUT2D eigenvalue weighted by molar-refractivity contribution is 5.91. The maximum Gasteiger partial charge on any atom is 0.415 e. The molecule has 1 aliphatic rings. The zero-order valence-electron chi connectivity index (χ0n) is 13.9. The lowest BCUT2D eigenvalue weighted by atomic mass is 10.1. The number of aryl methyl sites for hydroxylation is 1. The molecule has 6 heteroatoms. The molecule has 0 N–H and O–H groups in total. The Balaban J connectivity index is 1.95. The molecule has 0 bridgehead atoms. The van der Waals surface area contributed by atoms with Gasteiger partial charge in [0.25, 0.3) is 0 Å². The molecule has 122 valence electrons. The van der Waals surface area contributed by atoms with E-state index in [1.54, 1.807) is 15.8 Å². The molecule has 1 amide bonds. The number of nitrogens with zero attached hydrogens (tertiary/aromatic N) is 3. The Kier molecular flexibility index (Phi) is 3.75. The van der Waals surface area contributed by atoms with Crippen LogP contribution in [-0.4, -0.2) is 34.6 Å². The normalized spacial score (nSPS) is 14.2. The van der Waals surface area contributed by atoms with Crippen molar-refractivity contribution in [3.63, 3.8) is 0 Å². The van der Waals surface area contributed by atoms with Crippen LogP contribution in [0.4, 0.5) is 10.5 Å². The van der Waals surface area contributed by atoms with Crippen LogP contribution in [0.1, 0.15) is 20.8 Å². The van der Waals surface area contributed by atoms with Gasteiger partial charge < -0.3 is 9.47 Å². The number of benzene rings is 1. The maximum atomic E-state index is 12.5.